The van der Waals surface area contributed by atoms with E-state index in [1.165, 1.54) is 12.1 Å². The molecule has 0 unspecified atom stereocenters. The third kappa shape index (κ3) is 3.19. The minimum absolute atomic E-state index is 0.141. The highest BCUT2D eigenvalue weighted by molar-refractivity contribution is 6.35. The zero-order valence-electron chi connectivity index (χ0n) is 15.3. The summed E-state index contributed by atoms with van der Waals surface area (Å²) in [6.07, 6.45) is 1.72. The molecule has 0 spiro atoms. The van der Waals surface area contributed by atoms with Crippen molar-refractivity contribution >= 4 is 28.9 Å². The number of hydrogen-bond donors (Lipinski definition) is 1. The summed E-state index contributed by atoms with van der Waals surface area (Å²) in [6, 6.07) is 15.9. The van der Waals surface area contributed by atoms with E-state index < -0.39 is 11.8 Å². The first kappa shape index (κ1) is 18.9. The van der Waals surface area contributed by atoms with Crippen LogP contribution in [0.1, 0.15) is 32.0 Å². The van der Waals surface area contributed by atoms with Crippen molar-refractivity contribution in [1.82, 2.24) is 4.40 Å². The molecule has 29 heavy (non-hydrogen) atoms. The van der Waals surface area contributed by atoms with Crippen LogP contribution in [0.4, 0.5) is 4.39 Å². The second-order valence-corrected chi connectivity index (χ2v) is 7.07. The number of ketones is 1. The Morgan fingerprint density at radius 2 is 1.79 bits per heavy atom. The summed E-state index contributed by atoms with van der Waals surface area (Å²) >= 11 is 6.28. The normalized spacial score (nSPS) is 11.0. The lowest BCUT2D eigenvalue weighted by Gasteiger charge is -2.07. The van der Waals surface area contributed by atoms with E-state index >= 15 is 0 Å². The Kier molecular flexibility index (Phi) is 4.68. The number of carboxylic acids is 1. The van der Waals surface area contributed by atoms with Gasteiger partial charge in [-0.15, -0.1) is 0 Å². The number of benzene rings is 2. The van der Waals surface area contributed by atoms with Crippen molar-refractivity contribution in [2.75, 3.05) is 0 Å². The molecule has 0 aliphatic rings. The van der Waals surface area contributed by atoms with Gasteiger partial charge in [0.25, 0.3) is 0 Å². The van der Waals surface area contributed by atoms with Crippen LogP contribution in [0.2, 0.25) is 5.02 Å². The molecule has 0 amide bonds. The van der Waals surface area contributed by atoms with Crippen LogP contribution in [0.5, 0.6) is 0 Å². The van der Waals surface area contributed by atoms with E-state index in [1.54, 1.807) is 60.0 Å². The Hall–Kier alpha value is -3.44. The molecule has 4 rings (SSSR count). The fourth-order valence-corrected chi connectivity index (χ4v) is 3.77. The summed E-state index contributed by atoms with van der Waals surface area (Å²) in [5, 5.41) is 9.42. The molecule has 2 aromatic carbocycles. The first-order valence-electron chi connectivity index (χ1n) is 8.81. The average molecular weight is 408 g/mol. The van der Waals surface area contributed by atoms with Gasteiger partial charge >= 0.3 is 5.97 Å². The monoisotopic (exact) mass is 407 g/mol. The minimum Gasteiger partial charge on any atom is -0.478 e. The molecule has 144 valence electrons. The topological polar surface area (TPSA) is 58.8 Å². The van der Waals surface area contributed by atoms with Crippen molar-refractivity contribution in [3.05, 3.63) is 100 Å². The summed E-state index contributed by atoms with van der Waals surface area (Å²) in [7, 11) is 0. The lowest BCUT2D eigenvalue weighted by atomic mass is 10.0. The Bertz CT molecular complexity index is 1270. The molecule has 0 atom stereocenters. The number of halogens is 2. The highest BCUT2D eigenvalue weighted by Crippen LogP contribution is 2.33. The number of rotatable bonds is 4. The Morgan fingerprint density at radius 3 is 2.48 bits per heavy atom. The van der Waals surface area contributed by atoms with Gasteiger partial charge in [0.15, 0.2) is 0 Å². The van der Waals surface area contributed by atoms with Crippen molar-refractivity contribution in [3.8, 4) is 11.1 Å². The van der Waals surface area contributed by atoms with Gasteiger partial charge in [0.1, 0.15) is 5.82 Å². The molecular weight excluding hydrogens is 393 g/mol. The fraction of sp³-hybridized carbons (Fsp3) is 0.0435. The van der Waals surface area contributed by atoms with Gasteiger partial charge in [0.05, 0.1) is 21.8 Å². The second kappa shape index (κ2) is 7.18. The van der Waals surface area contributed by atoms with Crippen LogP contribution < -0.4 is 0 Å². The molecule has 0 saturated heterocycles. The van der Waals surface area contributed by atoms with Crippen molar-refractivity contribution in [2.24, 2.45) is 0 Å². The summed E-state index contributed by atoms with van der Waals surface area (Å²) in [4.78, 5) is 24.4. The average Bonchev–Trinajstić information content (AvgIpc) is 3.07. The molecule has 0 bridgehead atoms. The lowest BCUT2D eigenvalue weighted by Crippen LogP contribution is -2.07. The van der Waals surface area contributed by atoms with E-state index in [4.69, 9.17) is 16.7 Å². The fourth-order valence-electron chi connectivity index (χ4n) is 3.46. The number of carbonyl (C=O) groups excluding carboxylic acids is 1. The van der Waals surface area contributed by atoms with Crippen LogP contribution in [-0.2, 0) is 0 Å². The first-order chi connectivity index (χ1) is 13.9. The standard InChI is InChI=1S/C23H15ClFNO3/c1-13-5-4-6-17(24)21(13)22(27)20-12-16(19-7-2-3-10-26(19)20)15-9-8-14(23(28)29)11-18(15)25/h2-12H,1H3,(H,28,29). The smallest absolute Gasteiger partial charge is 0.335 e. The predicted molar refractivity (Wildman–Crippen MR) is 109 cm³/mol. The quantitative estimate of drug-likeness (QED) is 0.445. The van der Waals surface area contributed by atoms with Crippen molar-refractivity contribution in [1.29, 1.82) is 0 Å². The highest BCUT2D eigenvalue weighted by Gasteiger charge is 2.22. The van der Waals surface area contributed by atoms with E-state index in [0.717, 1.165) is 11.6 Å². The molecule has 4 aromatic rings. The number of aromatic carboxylic acids is 1. The van der Waals surface area contributed by atoms with Gasteiger partial charge in [0.2, 0.25) is 5.78 Å². The summed E-state index contributed by atoms with van der Waals surface area (Å²) in [6.45, 7) is 1.81. The number of hydrogen-bond acceptors (Lipinski definition) is 2. The highest BCUT2D eigenvalue weighted by atomic mass is 35.5. The van der Waals surface area contributed by atoms with Crippen LogP contribution in [0.15, 0.2) is 66.9 Å². The van der Waals surface area contributed by atoms with Gasteiger partial charge in [-0.25, -0.2) is 9.18 Å². The van der Waals surface area contributed by atoms with Gasteiger partial charge in [-0.2, -0.15) is 0 Å². The Morgan fingerprint density at radius 1 is 1.00 bits per heavy atom. The summed E-state index contributed by atoms with van der Waals surface area (Å²) in [5.74, 6) is -2.15. The first-order valence-corrected chi connectivity index (χ1v) is 9.19. The number of aryl methyl sites for hydroxylation is 1. The molecule has 1 N–H and O–H groups in total. The van der Waals surface area contributed by atoms with Crippen LogP contribution in [-0.4, -0.2) is 21.3 Å². The Balaban J connectivity index is 1.94. The van der Waals surface area contributed by atoms with Gasteiger partial charge in [-0.05, 0) is 48.9 Å². The summed E-state index contributed by atoms with van der Waals surface area (Å²) in [5.41, 5.74) is 2.67. The minimum atomic E-state index is -1.21. The number of fused-ring (bicyclic) bond motifs is 1. The van der Waals surface area contributed by atoms with Crippen molar-refractivity contribution in [2.45, 2.75) is 6.92 Å². The zero-order valence-corrected chi connectivity index (χ0v) is 16.1. The predicted octanol–water partition coefficient (Wildman–Crippen LogP) is 5.64. The molecule has 0 fully saturated rings. The molecule has 0 saturated carbocycles. The number of carboxylic acid groups (broad SMARTS) is 1. The molecule has 0 aliphatic heterocycles. The molecule has 4 nitrogen and oxygen atoms in total. The van der Waals surface area contributed by atoms with Crippen LogP contribution >= 0.6 is 11.6 Å². The molecule has 2 aromatic heterocycles. The maximum absolute atomic E-state index is 14.7. The van der Waals surface area contributed by atoms with Crippen molar-refractivity contribution < 1.29 is 19.1 Å². The molecule has 0 aliphatic carbocycles. The maximum atomic E-state index is 14.7. The molecule has 0 radical (unpaired) electrons. The van der Waals surface area contributed by atoms with Crippen LogP contribution in [0, 0.1) is 12.7 Å². The lowest BCUT2D eigenvalue weighted by molar-refractivity contribution is 0.0696. The SMILES string of the molecule is Cc1cccc(Cl)c1C(=O)c1cc(-c2ccc(C(=O)O)cc2F)c2ccccn12. The molecule has 2 heterocycles. The van der Waals surface area contributed by atoms with Crippen LogP contribution in [0.25, 0.3) is 16.6 Å². The third-order valence-electron chi connectivity index (χ3n) is 4.86. The number of carbonyl (C=O) groups is 2. The van der Waals surface area contributed by atoms with E-state index in [1.807, 2.05) is 0 Å². The maximum Gasteiger partial charge on any atom is 0.335 e. The molecular formula is C23H15ClFNO3. The van der Waals surface area contributed by atoms with Crippen LogP contribution in [0.3, 0.4) is 0 Å². The second-order valence-electron chi connectivity index (χ2n) is 6.66. The van der Waals surface area contributed by atoms with Crippen molar-refractivity contribution in [3.63, 3.8) is 0 Å². The number of nitrogens with zero attached hydrogens (tertiary/aromatic N) is 1. The van der Waals surface area contributed by atoms with Gasteiger partial charge < -0.3 is 9.51 Å². The largest absolute Gasteiger partial charge is 0.478 e. The van der Waals surface area contributed by atoms with E-state index in [2.05, 4.69) is 0 Å². The number of pyridine rings is 1. The van der Waals surface area contributed by atoms with Gasteiger partial charge in [0, 0.05) is 22.9 Å². The van der Waals surface area contributed by atoms with E-state index in [0.29, 0.717) is 27.4 Å². The third-order valence-corrected chi connectivity index (χ3v) is 5.18. The summed E-state index contributed by atoms with van der Waals surface area (Å²) < 4.78 is 16.4. The number of aromatic nitrogens is 1. The zero-order chi connectivity index (χ0) is 20.7. The van der Waals surface area contributed by atoms with Gasteiger partial charge in [-0.1, -0.05) is 35.9 Å². The van der Waals surface area contributed by atoms with E-state index in [-0.39, 0.29) is 16.9 Å². The van der Waals surface area contributed by atoms with Gasteiger partial charge in [-0.3, -0.25) is 4.79 Å². The van der Waals surface area contributed by atoms with E-state index in [9.17, 15) is 14.0 Å². The Labute approximate surface area is 170 Å². The molecule has 6 heteroatoms.